The van der Waals surface area contributed by atoms with Crippen LogP contribution in [0, 0.1) is 13.8 Å². The van der Waals surface area contributed by atoms with Crippen molar-refractivity contribution in [1.82, 2.24) is 5.32 Å². The lowest BCUT2D eigenvalue weighted by Crippen LogP contribution is -2.42. The molecule has 0 radical (unpaired) electrons. The van der Waals surface area contributed by atoms with Gasteiger partial charge < -0.3 is 11.1 Å². The van der Waals surface area contributed by atoms with Crippen LogP contribution >= 0.6 is 12.4 Å². The lowest BCUT2D eigenvalue weighted by Gasteiger charge is -2.12. The Morgan fingerprint density at radius 2 is 1.65 bits per heavy atom. The van der Waals surface area contributed by atoms with Gasteiger partial charge in [0.1, 0.15) is 0 Å². The highest BCUT2D eigenvalue weighted by atomic mass is 35.5. The summed E-state index contributed by atoms with van der Waals surface area (Å²) in [6.45, 7) is 4.79. The van der Waals surface area contributed by atoms with Crippen LogP contribution in [0.25, 0.3) is 0 Å². The number of aryl methyl sites for hydroxylation is 2. The van der Waals surface area contributed by atoms with Crippen LogP contribution in [0.4, 0.5) is 0 Å². The second-order valence-corrected chi connectivity index (χ2v) is 5.83. The second kappa shape index (κ2) is 9.33. The van der Waals surface area contributed by atoms with Gasteiger partial charge in [-0.15, -0.1) is 12.4 Å². The van der Waals surface area contributed by atoms with Crippen molar-refractivity contribution in [2.24, 2.45) is 5.73 Å². The minimum atomic E-state index is -0.498. The number of halogens is 1. The molecule has 2 aromatic carbocycles. The highest BCUT2D eigenvalue weighted by Crippen LogP contribution is 2.09. The second-order valence-electron chi connectivity index (χ2n) is 5.83. The highest BCUT2D eigenvalue weighted by Gasteiger charge is 2.13. The van der Waals surface area contributed by atoms with E-state index in [4.69, 9.17) is 5.73 Å². The molecule has 0 fully saturated rings. The number of benzene rings is 2. The maximum absolute atomic E-state index is 12.0. The average Bonchev–Trinajstić information content (AvgIpc) is 2.47. The van der Waals surface area contributed by atoms with Crippen LogP contribution in [-0.4, -0.2) is 18.5 Å². The molecule has 4 heteroatoms. The molecule has 1 amide bonds. The van der Waals surface area contributed by atoms with Crippen LogP contribution in [-0.2, 0) is 17.6 Å². The van der Waals surface area contributed by atoms with Crippen molar-refractivity contribution in [3.8, 4) is 0 Å². The number of carbonyl (C=O) groups is 1. The lowest BCUT2D eigenvalue weighted by molar-refractivity contribution is -0.122. The van der Waals surface area contributed by atoms with E-state index >= 15 is 0 Å². The molecule has 0 aliphatic carbocycles. The minimum Gasteiger partial charge on any atom is -0.354 e. The Kier molecular flexibility index (Phi) is 7.79. The van der Waals surface area contributed by atoms with Crippen molar-refractivity contribution in [3.05, 3.63) is 70.8 Å². The number of hydrogen-bond acceptors (Lipinski definition) is 2. The topological polar surface area (TPSA) is 55.1 Å². The number of amides is 1. The first-order valence-corrected chi connectivity index (χ1v) is 7.69. The van der Waals surface area contributed by atoms with Gasteiger partial charge in [-0.05, 0) is 37.8 Å². The molecule has 0 spiro atoms. The van der Waals surface area contributed by atoms with E-state index in [-0.39, 0.29) is 18.3 Å². The fraction of sp³-hybridized carbons (Fsp3) is 0.316. The maximum Gasteiger partial charge on any atom is 0.237 e. The number of rotatable bonds is 6. The molecule has 0 unspecified atom stereocenters. The van der Waals surface area contributed by atoms with Crippen molar-refractivity contribution < 1.29 is 4.79 Å². The van der Waals surface area contributed by atoms with Crippen LogP contribution in [0.1, 0.15) is 22.3 Å². The standard InChI is InChI=1S/C19H24N2O.ClH/c1-14-10-15(2)12-17(11-14)8-9-21-19(22)18(20)13-16-6-4-3-5-7-16;/h3-7,10-12,18H,8-9,13,20H2,1-2H3,(H,21,22);1H/t18-;/m0./s1. The zero-order valence-corrected chi connectivity index (χ0v) is 14.5. The largest absolute Gasteiger partial charge is 0.354 e. The van der Waals surface area contributed by atoms with E-state index in [1.165, 1.54) is 16.7 Å². The normalized spacial score (nSPS) is 11.4. The third-order valence-corrected chi connectivity index (χ3v) is 3.63. The molecular weight excluding hydrogens is 308 g/mol. The maximum atomic E-state index is 12.0. The first kappa shape index (κ1) is 19.2. The van der Waals surface area contributed by atoms with Gasteiger partial charge in [0.15, 0.2) is 0 Å². The van der Waals surface area contributed by atoms with Gasteiger partial charge >= 0.3 is 0 Å². The van der Waals surface area contributed by atoms with Gasteiger partial charge in [0.05, 0.1) is 6.04 Å². The number of nitrogens with one attached hydrogen (secondary N) is 1. The molecule has 0 bridgehead atoms. The summed E-state index contributed by atoms with van der Waals surface area (Å²) in [6.07, 6.45) is 1.39. The first-order valence-electron chi connectivity index (χ1n) is 7.69. The lowest BCUT2D eigenvalue weighted by atomic mass is 10.0. The van der Waals surface area contributed by atoms with Gasteiger partial charge in [-0.2, -0.15) is 0 Å². The molecule has 3 N–H and O–H groups in total. The molecule has 23 heavy (non-hydrogen) atoms. The number of nitrogens with two attached hydrogens (primary N) is 1. The van der Waals surface area contributed by atoms with E-state index in [9.17, 15) is 4.79 Å². The van der Waals surface area contributed by atoms with Crippen molar-refractivity contribution in [1.29, 1.82) is 0 Å². The van der Waals surface area contributed by atoms with Crippen LogP contribution < -0.4 is 11.1 Å². The van der Waals surface area contributed by atoms with Crippen LogP contribution in [0.5, 0.6) is 0 Å². The molecule has 0 aliphatic rings. The molecule has 0 heterocycles. The Balaban J connectivity index is 0.00000264. The summed E-state index contributed by atoms with van der Waals surface area (Å²) in [6, 6.07) is 15.8. The molecule has 0 aliphatic heterocycles. The molecule has 0 saturated heterocycles. The quantitative estimate of drug-likeness (QED) is 0.854. The van der Waals surface area contributed by atoms with Crippen molar-refractivity contribution in [2.75, 3.05) is 6.54 Å². The van der Waals surface area contributed by atoms with E-state index in [0.717, 1.165) is 12.0 Å². The van der Waals surface area contributed by atoms with Gasteiger partial charge in [-0.3, -0.25) is 4.79 Å². The first-order chi connectivity index (χ1) is 10.5. The van der Waals surface area contributed by atoms with E-state index < -0.39 is 6.04 Å². The van der Waals surface area contributed by atoms with Gasteiger partial charge in [0.25, 0.3) is 0 Å². The summed E-state index contributed by atoms with van der Waals surface area (Å²) in [5, 5.41) is 2.93. The van der Waals surface area contributed by atoms with E-state index in [1.807, 2.05) is 30.3 Å². The SMILES string of the molecule is Cc1cc(C)cc(CCNC(=O)[C@@H](N)Cc2ccccc2)c1.Cl. The van der Waals surface area contributed by atoms with Crippen LogP contribution in [0.15, 0.2) is 48.5 Å². The summed E-state index contributed by atoms with van der Waals surface area (Å²) >= 11 is 0. The summed E-state index contributed by atoms with van der Waals surface area (Å²) in [5.74, 6) is -0.0896. The summed E-state index contributed by atoms with van der Waals surface area (Å²) in [7, 11) is 0. The zero-order valence-electron chi connectivity index (χ0n) is 13.7. The average molecular weight is 333 g/mol. The molecule has 2 rings (SSSR count). The Morgan fingerprint density at radius 3 is 2.26 bits per heavy atom. The van der Waals surface area contributed by atoms with Gasteiger partial charge in [0, 0.05) is 6.54 Å². The fourth-order valence-electron chi connectivity index (χ4n) is 2.64. The van der Waals surface area contributed by atoms with Gasteiger partial charge in [0.2, 0.25) is 5.91 Å². The van der Waals surface area contributed by atoms with Gasteiger partial charge in [-0.1, -0.05) is 59.7 Å². The zero-order chi connectivity index (χ0) is 15.9. The Labute approximate surface area is 144 Å². The van der Waals surface area contributed by atoms with Crippen molar-refractivity contribution in [3.63, 3.8) is 0 Å². The van der Waals surface area contributed by atoms with Crippen molar-refractivity contribution >= 4 is 18.3 Å². The van der Waals surface area contributed by atoms with Crippen molar-refractivity contribution in [2.45, 2.75) is 32.7 Å². The highest BCUT2D eigenvalue weighted by molar-refractivity contribution is 5.85. The molecule has 2 aromatic rings. The fourth-order valence-corrected chi connectivity index (χ4v) is 2.64. The Bertz CT molecular complexity index is 608. The Hall–Kier alpha value is -1.84. The van der Waals surface area contributed by atoms with E-state index in [0.29, 0.717) is 13.0 Å². The number of hydrogen-bond donors (Lipinski definition) is 2. The Morgan fingerprint density at radius 1 is 1.04 bits per heavy atom. The molecular formula is C19H25ClN2O. The molecule has 1 atom stereocenters. The third-order valence-electron chi connectivity index (χ3n) is 3.63. The number of carbonyl (C=O) groups excluding carboxylic acids is 1. The third kappa shape index (κ3) is 6.43. The summed E-state index contributed by atoms with van der Waals surface area (Å²) in [5.41, 5.74) is 10.8. The molecule has 0 aromatic heterocycles. The van der Waals surface area contributed by atoms with E-state index in [1.54, 1.807) is 0 Å². The smallest absolute Gasteiger partial charge is 0.237 e. The molecule has 0 saturated carbocycles. The van der Waals surface area contributed by atoms with E-state index in [2.05, 4.69) is 37.4 Å². The predicted octanol–water partition coefficient (Wildman–Crippen LogP) is 2.95. The van der Waals surface area contributed by atoms with Gasteiger partial charge in [-0.25, -0.2) is 0 Å². The predicted molar refractivity (Wildman–Crippen MR) is 98.0 cm³/mol. The van der Waals surface area contributed by atoms with Crippen LogP contribution in [0.2, 0.25) is 0 Å². The summed E-state index contributed by atoms with van der Waals surface area (Å²) < 4.78 is 0. The molecule has 124 valence electrons. The molecule has 3 nitrogen and oxygen atoms in total. The minimum absolute atomic E-state index is 0. The monoisotopic (exact) mass is 332 g/mol. The van der Waals surface area contributed by atoms with Crippen LogP contribution in [0.3, 0.4) is 0 Å². The summed E-state index contributed by atoms with van der Waals surface area (Å²) in [4.78, 5) is 12.0.